The largest absolute Gasteiger partial charge is 0.444 e. The lowest BCUT2D eigenvalue weighted by Gasteiger charge is -2.33. The second-order valence-electron chi connectivity index (χ2n) is 4.75. The molecular weight excluding hydrogens is 220 g/mol. The van der Waals surface area contributed by atoms with Crippen molar-refractivity contribution in [2.24, 2.45) is 5.92 Å². The molecule has 3 rings (SSSR count). The lowest BCUT2D eigenvalue weighted by Crippen LogP contribution is -2.32. The SMILES string of the molecule is CC1CCC2(C1)OC(=O)c1ccccc1S2. The van der Waals surface area contributed by atoms with Gasteiger partial charge in [-0.25, -0.2) is 4.79 Å². The standard InChI is InChI=1S/C13H14O2S/c1-9-6-7-13(8-9)15-12(14)10-4-2-3-5-11(10)16-13/h2-5,9H,6-8H2,1H3. The van der Waals surface area contributed by atoms with Gasteiger partial charge in [0.1, 0.15) is 0 Å². The van der Waals surface area contributed by atoms with Crippen molar-refractivity contribution in [2.75, 3.05) is 0 Å². The first kappa shape index (κ1) is 10.2. The number of fused-ring (bicyclic) bond motifs is 1. The molecule has 1 spiro atoms. The molecule has 1 aliphatic heterocycles. The maximum Gasteiger partial charge on any atom is 0.340 e. The number of hydrogen-bond donors (Lipinski definition) is 0. The van der Waals surface area contributed by atoms with Gasteiger partial charge < -0.3 is 4.74 Å². The molecule has 3 heteroatoms. The van der Waals surface area contributed by atoms with Gasteiger partial charge in [-0.2, -0.15) is 0 Å². The Morgan fingerprint density at radius 2 is 2.25 bits per heavy atom. The molecule has 1 aromatic rings. The molecule has 84 valence electrons. The quantitative estimate of drug-likeness (QED) is 0.643. The molecule has 1 aromatic carbocycles. The molecule has 0 N–H and O–H groups in total. The molecule has 2 aliphatic rings. The van der Waals surface area contributed by atoms with E-state index < -0.39 is 0 Å². The summed E-state index contributed by atoms with van der Waals surface area (Å²) in [5.41, 5.74) is 0.720. The fraction of sp³-hybridized carbons (Fsp3) is 0.462. The van der Waals surface area contributed by atoms with Crippen LogP contribution < -0.4 is 0 Å². The molecule has 1 aliphatic carbocycles. The fourth-order valence-electron chi connectivity index (χ4n) is 2.56. The van der Waals surface area contributed by atoms with E-state index in [4.69, 9.17) is 4.74 Å². The van der Waals surface area contributed by atoms with Crippen molar-refractivity contribution >= 4 is 17.7 Å². The summed E-state index contributed by atoms with van der Waals surface area (Å²) >= 11 is 1.73. The first-order valence-electron chi connectivity index (χ1n) is 5.70. The zero-order chi connectivity index (χ0) is 11.2. The van der Waals surface area contributed by atoms with Crippen LogP contribution >= 0.6 is 11.8 Å². The minimum Gasteiger partial charge on any atom is -0.444 e. The molecule has 1 saturated carbocycles. The van der Waals surface area contributed by atoms with E-state index in [1.165, 1.54) is 0 Å². The lowest BCUT2D eigenvalue weighted by molar-refractivity contribution is 0.0185. The molecule has 16 heavy (non-hydrogen) atoms. The third-order valence-electron chi connectivity index (χ3n) is 3.36. The third-order valence-corrected chi connectivity index (χ3v) is 4.76. The second-order valence-corrected chi connectivity index (χ2v) is 6.13. The Morgan fingerprint density at radius 1 is 1.44 bits per heavy atom. The summed E-state index contributed by atoms with van der Waals surface area (Å²) < 4.78 is 5.66. The van der Waals surface area contributed by atoms with Crippen molar-refractivity contribution in [1.29, 1.82) is 0 Å². The van der Waals surface area contributed by atoms with E-state index in [1.54, 1.807) is 11.8 Å². The van der Waals surface area contributed by atoms with E-state index in [-0.39, 0.29) is 10.9 Å². The van der Waals surface area contributed by atoms with Gasteiger partial charge in [-0.1, -0.05) is 30.8 Å². The van der Waals surface area contributed by atoms with Gasteiger partial charge in [0.2, 0.25) is 0 Å². The third kappa shape index (κ3) is 1.54. The highest BCUT2D eigenvalue weighted by molar-refractivity contribution is 8.00. The number of carbonyl (C=O) groups excluding carboxylic acids is 1. The highest BCUT2D eigenvalue weighted by Gasteiger charge is 2.45. The predicted molar refractivity (Wildman–Crippen MR) is 63.5 cm³/mol. The summed E-state index contributed by atoms with van der Waals surface area (Å²) in [5.74, 6) is 0.508. The van der Waals surface area contributed by atoms with E-state index in [2.05, 4.69) is 6.92 Å². The van der Waals surface area contributed by atoms with Crippen LogP contribution in [0, 0.1) is 5.92 Å². The summed E-state index contributed by atoms with van der Waals surface area (Å²) in [4.78, 5) is 12.7. The predicted octanol–water partition coefficient (Wildman–Crippen LogP) is 3.47. The van der Waals surface area contributed by atoms with Gasteiger partial charge >= 0.3 is 5.97 Å². The Balaban J connectivity index is 1.98. The van der Waals surface area contributed by atoms with Crippen molar-refractivity contribution in [3.8, 4) is 0 Å². The van der Waals surface area contributed by atoms with Crippen LogP contribution in [0.5, 0.6) is 0 Å². The van der Waals surface area contributed by atoms with Crippen molar-refractivity contribution in [2.45, 2.75) is 36.0 Å². The molecule has 0 saturated heterocycles. The molecule has 1 fully saturated rings. The first-order valence-corrected chi connectivity index (χ1v) is 6.52. The van der Waals surface area contributed by atoms with Gasteiger partial charge in [-0.3, -0.25) is 0 Å². The van der Waals surface area contributed by atoms with Gasteiger partial charge in [0.05, 0.1) is 5.56 Å². The number of thioether (sulfide) groups is 1. The minimum atomic E-state index is -0.273. The van der Waals surface area contributed by atoms with E-state index in [0.717, 1.165) is 29.7 Å². The van der Waals surface area contributed by atoms with Crippen LogP contribution in [0.25, 0.3) is 0 Å². The van der Waals surface area contributed by atoms with Crippen LogP contribution in [-0.4, -0.2) is 10.9 Å². The number of esters is 1. The summed E-state index contributed by atoms with van der Waals surface area (Å²) in [5, 5.41) is 0. The lowest BCUT2D eigenvalue weighted by atomic mass is 10.1. The van der Waals surface area contributed by atoms with Crippen LogP contribution in [0.2, 0.25) is 0 Å². The van der Waals surface area contributed by atoms with Crippen molar-refractivity contribution in [3.63, 3.8) is 0 Å². The number of carbonyl (C=O) groups is 1. The summed E-state index contributed by atoms with van der Waals surface area (Å²) in [7, 11) is 0. The number of hydrogen-bond acceptors (Lipinski definition) is 3. The van der Waals surface area contributed by atoms with Crippen LogP contribution in [0.4, 0.5) is 0 Å². The molecule has 1 heterocycles. The molecule has 2 atom stereocenters. The highest BCUT2D eigenvalue weighted by Crippen LogP contribution is 2.51. The van der Waals surface area contributed by atoms with E-state index >= 15 is 0 Å². The van der Waals surface area contributed by atoms with Crippen molar-refractivity contribution < 1.29 is 9.53 Å². The fourth-order valence-corrected chi connectivity index (χ4v) is 4.07. The number of rotatable bonds is 0. The molecule has 2 unspecified atom stereocenters. The van der Waals surface area contributed by atoms with Crippen LogP contribution in [-0.2, 0) is 4.74 Å². The Kier molecular flexibility index (Phi) is 2.25. The molecule has 2 nitrogen and oxygen atoms in total. The van der Waals surface area contributed by atoms with Gasteiger partial charge in [0.15, 0.2) is 4.93 Å². The second kappa shape index (κ2) is 3.52. The van der Waals surface area contributed by atoms with Crippen molar-refractivity contribution in [3.05, 3.63) is 29.8 Å². The van der Waals surface area contributed by atoms with Crippen molar-refractivity contribution in [1.82, 2.24) is 0 Å². The van der Waals surface area contributed by atoms with E-state index in [1.807, 2.05) is 24.3 Å². The van der Waals surface area contributed by atoms with Crippen LogP contribution in [0.15, 0.2) is 29.2 Å². The molecule has 0 amide bonds. The Morgan fingerprint density at radius 3 is 3.00 bits per heavy atom. The topological polar surface area (TPSA) is 26.3 Å². The van der Waals surface area contributed by atoms with Gasteiger partial charge in [-0.05, 0) is 37.3 Å². The normalized spacial score (nSPS) is 32.6. The molecule has 0 aromatic heterocycles. The Hall–Kier alpha value is -0.960. The monoisotopic (exact) mass is 234 g/mol. The zero-order valence-electron chi connectivity index (χ0n) is 9.23. The molecule has 0 radical (unpaired) electrons. The Labute approximate surface area is 99.4 Å². The maximum absolute atomic E-state index is 11.9. The average Bonchev–Trinajstić information content (AvgIpc) is 2.59. The van der Waals surface area contributed by atoms with Gasteiger partial charge in [-0.15, -0.1) is 0 Å². The minimum absolute atomic E-state index is 0.150. The number of benzene rings is 1. The maximum atomic E-state index is 11.9. The summed E-state index contributed by atoms with van der Waals surface area (Å²) in [6.07, 6.45) is 3.12. The number of ether oxygens (including phenoxy) is 1. The van der Waals surface area contributed by atoms with E-state index in [0.29, 0.717) is 5.92 Å². The smallest absolute Gasteiger partial charge is 0.340 e. The Bertz CT molecular complexity index is 443. The zero-order valence-corrected chi connectivity index (χ0v) is 10.0. The first-order chi connectivity index (χ1) is 7.69. The molecule has 0 bridgehead atoms. The molecular formula is C13H14O2S. The van der Waals surface area contributed by atoms with Crippen LogP contribution in [0.3, 0.4) is 0 Å². The van der Waals surface area contributed by atoms with Gasteiger partial charge in [0.25, 0.3) is 0 Å². The summed E-state index contributed by atoms with van der Waals surface area (Å²) in [6.45, 7) is 2.23. The van der Waals surface area contributed by atoms with Crippen LogP contribution in [0.1, 0.15) is 36.5 Å². The summed E-state index contributed by atoms with van der Waals surface area (Å²) in [6, 6.07) is 7.73. The highest BCUT2D eigenvalue weighted by atomic mass is 32.2. The average molecular weight is 234 g/mol. The van der Waals surface area contributed by atoms with Gasteiger partial charge in [0, 0.05) is 4.90 Å². The van der Waals surface area contributed by atoms with E-state index in [9.17, 15) is 4.79 Å².